The summed E-state index contributed by atoms with van der Waals surface area (Å²) < 4.78 is 0. The maximum absolute atomic E-state index is 2.41. The smallest absolute Gasteiger partial charge is 0.0159 e. The van der Waals surface area contributed by atoms with Crippen LogP contribution in [0.4, 0.5) is 0 Å². The van der Waals surface area contributed by atoms with Crippen molar-refractivity contribution in [2.75, 3.05) is 0 Å². The van der Waals surface area contributed by atoms with Crippen LogP contribution < -0.4 is 0 Å². The van der Waals surface area contributed by atoms with E-state index in [9.17, 15) is 0 Å². The molecule has 47 heavy (non-hydrogen) atoms. The highest BCUT2D eigenvalue weighted by Crippen LogP contribution is 2.52. The van der Waals surface area contributed by atoms with E-state index in [-0.39, 0.29) is 5.41 Å². The van der Waals surface area contributed by atoms with E-state index in [0.717, 1.165) is 0 Å². The van der Waals surface area contributed by atoms with Gasteiger partial charge in [-0.3, -0.25) is 0 Å². The second-order valence-corrected chi connectivity index (χ2v) is 13.6. The molecule has 1 aliphatic carbocycles. The zero-order chi connectivity index (χ0) is 31.3. The van der Waals surface area contributed by atoms with Crippen molar-refractivity contribution in [1.82, 2.24) is 0 Å². The Labute approximate surface area is 274 Å². The van der Waals surface area contributed by atoms with E-state index < -0.39 is 0 Å². The molecule has 0 N–H and O–H groups in total. The maximum Gasteiger partial charge on any atom is 0.0159 e. The van der Waals surface area contributed by atoms with Gasteiger partial charge in [0.1, 0.15) is 0 Å². The molecule has 0 bridgehead atoms. The zero-order valence-corrected chi connectivity index (χ0v) is 26.5. The van der Waals surface area contributed by atoms with Crippen molar-refractivity contribution in [3.8, 4) is 33.4 Å². The van der Waals surface area contributed by atoms with Crippen molar-refractivity contribution in [1.29, 1.82) is 0 Å². The molecule has 10 rings (SSSR count). The first kappa shape index (κ1) is 26.5. The third kappa shape index (κ3) is 3.59. The lowest BCUT2D eigenvalue weighted by atomic mass is 9.68. The van der Waals surface area contributed by atoms with Crippen LogP contribution >= 0.6 is 0 Å². The van der Waals surface area contributed by atoms with Gasteiger partial charge < -0.3 is 0 Å². The van der Waals surface area contributed by atoms with Crippen molar-refractivity contribution in [3.05, 3.63) is 169 Å². The first-order valence-electron chi connectivity index (χ1n) is 16.6. The SMILES string of the molecule is CC1(C)c2ccccc2-c2ccc(-c3c4ccccc4c(-c4cc5ccccc5c5ccccc45)c4ccccc34)c3cccc1c23. The van der Waals surface area contributed by atoms with E-state index in [2.05, 4.69) is 172 Å². The molecule has 0 atom stereocenters. The van der Waals surface area contributed by atoms with Crippen LogP contribution in [0.2, 0.25) is 0 Å². The molecular weight excluding hydrogens is 565 g/mol. The summed E-state index contributed by atoms with van der Waals surface area (Å²) in [7, 11) is 0. The van der Waals surface area contributed by atoms with Crippen LogP contribution in [0.5, 0.6) is 0 Å². The van der Waals surface area contributed by atoms with Gasteiger partial charge in [0.05, 0.1) is 0 Å². The highest BCUT2D eigenvalue weighted by Gasteiger charge is 2.33. The molecule has 0 saturated heterocycles. The molecule has 0 fully saturated rings. The number of benzene rings is 9. The van der Waals surface area contributed by atoms with Crippen LogP contribution in [0.3, 0.4) is 0 Å². The molecule has 9 aromatic rings. The highest BCUT2D eigenvalue weighted by atomic mass is 14.4. The Morgan fingerprint density at radius 3 is 1.51 bits per heavy atom. The summed E-state index contributed by atoms with van der Waals surface area (Å²) in [5.74, 6) is 0. The first-order chi connectivity index (χ1) is 23.1. The minimum absolute atomic E-state index is 0.0904. The third-order valence-electron chi connectivity index (χ3n) is 10.8. The Hall–Kier alpha value is -5.72. The van der Waals surface area contributed by atoms with E-state index in [1.165, 1.54) is 98.4 Å². The number of hydrogen-bond donors (Lipinski definition) is 0. The average molecular weight is 597 g/mol. The monoisotopic (exact) mass is 596 g/mol. The van der Waals surface area contributed by atoms with E-state index >= 15 is 0 Å². The third-order valence-corrected chi connectivity index (χ3v) is 10.8. The molecule has 220 valence electrons. The fourth-order valence-electron chi connectivity index (χ4n) is 8.75. The van der Waals surface area contributed by atoms with E-state index in [0.29, 0.717) is 0 Å². The second-order valence-electron chi connectivity index (χ2n) is 13.6. The van der Waals surface area contributed by atoms with Crippen molar-refractivity contribution in [3.63, 3.8) is 0 Å². The van der Waals surface area contributed by atoms with Crippen molar-refractivity contribution in [2.24, 2.45) is 0 Å². The molecule has 0 unspecified atom stereocenters. The van der Waals surface area contributed by atoms with Gasteiger partial charge in [-0.15, -0.1) is 0 Å². The first-order valence-corrected chi connectivity index (χ1v) is 16.6. The van der Waals surface area contributed by atoms with Gasteiger partial charge in [-0.1, -0.05) is 166 Å². The summed E-state index contributed by atoms with van der Waals surface area (Å²) in [6, 6.07) is 58.9. The summed E-state index contributed by atoms with van der Waals surface area (Å²) in [4.78, 5) is 0. The Morgan fingerprint density at radius 2 is 0.809 bits per heavy atom. The topological polar surface area (TPSA) is 0 Å². The molecule has 0 aliphatic heterocycles. The largest absolute Gasteiger partial charge is 0.0619 e. The molecule has 0 spiro atoms. The second kappa shape index (κ2) is 9.64. The lowest BCUT2D eigenvalue weighted by Crippen LogP contribution is -2.23. The normalized spacial score (nSPS) is 13.5. The van der Waals surface area contributed by atoms with Gasteiger partial charge in [0.15, 0.2) is 0 Å². The van der Waals surface area contributed by atoms with Gasteiger partial charge in [0.2, 0.25) is 0 Å². The summed E-state index contributed by atoms with van der Waals surface area (Å²) in [6.07, 6.45) is 0. The molecule has 0 amide bonds. The van der Waals surface area contributed by atoms with Crippen LogP contribution in [0.25, 0.3) is 87.2 Å². The average Bonchev–Trinajstić information content (AvgIpc) is 3.12. The molecule has 0 heterocycles. The van der Waals surface area contributed by atoms with Crippen LogP contribution in [0, 0.1) is 0 Å². The summed E-state index contributed by atoms with van der Waals surface area (Å²) in [5.41, 5.74) is 10.6. The molecule has 0 saturated carbocycles. The lowest BCUT2D eigenvalue weighted by molar-refractivity contribution is 0.645. The van der Waals surface area contributed by atoms with Gasteiger partial charge in [0.25, 0.3) is 0 Å². The Bertz CT molecular complexity index is 2700. The minimum atomic E-state index is -0.0904. The fraction of sp³-hybridized carbons (Fsp3) is 0.0638. The van der Waals surface area contributed by atoms with Gasteiger partial charge in [-0.25, -0.2) is 0 Å². The van der Waals surface area contributed by atoms with Crippen LogP contribution in [0.15, 0.2) is 158 Å². The summed E-state index contributed by atoms with van der Waals surface area (Å²) in [5, 5.41) is 13.0. The maximum atomic E-state index is 2.41. The quantitative estimate of drug-likeness (QED) is 0.138. The predicted molar refractivity (Wildman–Crippen MR) is 202 cm³/mol. The molecule has 1 aliphatic rings. The Balaban J connectivity index is 1.36. The number of fused-ring (bicyclic) bond motifs is 7. The Morgan fingerprint density at radius 1 is 0.319 bits per heavy atom. The zero-order valence-electron chi connectivity index (χ0n) is 26.5. The van der Waals surface area contributed by atoms with E-state index in [1.54, 1.807) is 0 Å². The number of hydrogen-bond acceptors (Lipinski definition) is 0. The highest BCUT2D eigenvalue weighted by molar-refractivity contribution is 6.27. The van der Waals surface area contributed by atoms with Crippen LogP contribution in [-0.2, 0) is 5.41 Å². The predicted octanol–water partition coefficient (Wildman–Crippen LogP) is 13.1. The number of rotatable bonds is 2. The summed E-state index contributed by atoms with van der Waals surface area (Å²) in [6.45, 7) is 4.76. The molecule has 0 aromatic heterocycles. The lowest BCUT2D eigenvalue weighted by Gasteiger charge is -2.35. The van der Waals surface area contributed by atoms with Crippen molar-refractivity contribution in [2.45, 2.75) is 19.3 Å². The summed E-state index contributed by atoms with van der Waals surface area (Å²) >= 11 is 0. The van der Waals surface area contributed by atoms with Gasteiger partial charge in [0, 0.05) is 5.41 Å². The molecule has 0 nitrogen and oxygen atoms in total. The minimum Gasteiger partial charge on any atom is -0.0619 e. The molecule has 0 radical (unpaired) electrons. The van der Waals surface area contributed by atoms with E-state index in [4.69, 9.17) is 0 Å². The van der Waals surface area contributed by atoms with Crippen LogP contribution in [-0.4, -0.2) is 0 Å². The molecular formula is C47H32. The molecule has 0 heteroatoms. The molecule has 9 aromatic carbocycles. The van der Waals surface area contributed by atoms with Gasteiger partial charge >= 0.3 is 0 Å². The van der Waals surface area contributed by atoms with Crippen LogP contribution in [0.1, 0.15) is 25.0 Å². The Kier molecular flexibility index (Phi) is 5.44. The van der Waals surface area contributed by atoms with Gasteiger partial charge in [-0.05, 0) is 104 Å². The van der Waals surface area contributed by atoms with E-state index in [1.807, 2.05) is 0 Å². The van der Waals surface area contributed by atoms with Crippen molar-refractivity contribution >= 4 is 53.9 Å². The standard InChI is InChI=1S/C47H32/c1-47(2)42-24-12-11-18-33(42)39-26-27-40(38-23-13-25-43(47)46(38)39)44-34-19-7-9-21-36(34)45(37-22-10-8-20-35(37)44)41-28-29-14-3-4-15-30(29)31-16-5-6-17-32(31)41/h3-28H,1-2H3. The fourth-order valence-corrected chi connectivity index (χ4v) is 8.75. The van der Waals surface area contributed by atoms with Crippen molar-refractivity contribution < 1.29 is 0 Å². The van der Waals surface area contributed by atoms with Gasteiger partial charge in [-0.2, -0.15) is 0 Å².